The highest BCUT2D eigenvalue weighted by molar-refractivity contribution is 7.07. The maximum Gasteiger partial charge on any atom is 0.273 e. The highest BCUT2D eigenvalue weighted by Gasteiger charge is 2.25. The van der Waals surface area contributed by atoms with Crippen molar-refractivity contribution >= 4 is 23.2 Å². The van der Waals surface area contributed by atoms with Gasteiger partial charge in [-0.1, -0.05) is 0 Å². The van der Waals surface area contributed by atoms with E-state index < -0.39 is 0 Å². The van der Waals surface area contributed by atoms with Crippen LogP contribution in [0.4, 0.5) is 0 Å². The first kappa shape index (κ1) is 13.0. The molecule has 1 aliphatic rings. The SMILES string of the molecule is COCC(=O)N1CCN(C(=O)c2cscn2)CC1. The van der Waals surface area contributed by atoms with Crippen molar-refractivity contribution in [2.24, 2.45) is 0 Å². The summed E-state index contributed by atoms with van der Waals surface area (Å²) in [6.07, 6.45) is 0. The lowest BCUT2D eigenvalue weighted by molar-refractivity contribution is -0.136. The number of carbonyl (C=O) groups excluding carboxylic acids is 2. The van der Waals surface area contributed by atoms with Crippen molar-refractivity contribution in [1.29, 1.82) is 0 Å². The van der Waals surface area contributed by atoms with Crippen LogP contribution in [0, 0.1) is 0 Å². The molecular formula is C11H15N3O3S. The molecule has 1 aliphatic heterocycles. The number of methoxy groups -OCH3 is 1. The highest BCUT2D eigenvalue weighted by Crippen LogP contribution is 2.09. The summed E-state index contributed by atoms with van der Waals surface area (Å²) < 4.78 is 4.81. The zero-order chi connectivity index (χ0) is 13.0. The van der Waals surface area contributed by atoms with Crippen LogP contribution < -0.4 is 0 Å². The van der Waals surface area contributed by atoms with Crippen LogP contribution in [0.5, 0.6) is 0 Å². The Morgan fingerprint density at radius 2 is 2.00 bits per heavy atom. The third-order valence-corrected chi connectivity index (χ3v) is 3.43. The van der Waals surface area contributed by atoms with Gasteiger partial charge < -0.3 is 14.5 Å². The second kappa shape index (κ2) is 5.92. The molecule has 1 saturated heterocycles. The minimum absolute atomic E-state index is 0.0294. The summed E-state index contributed by atoms with van der Waals surface area (Å²) in [5.41, 5.74) is 2.13. The maximum atomic E-state index is 12.0. The van der Waals surface area contributed by atoms with E-state index in [1.807, 2.05) is 0 Å². The predicted molar refractivity (Wildman–Crippen MR) is 66.5 cm³/mol. The molecule has 0 radical (unpaired) electrons. The van der Waals surface area contributed by atoms with Gasteiger partial charge in [-0.05, 0) is 0 Å². The molecule has 1 fully saturated rings. The molecule has 2 amide bonds. The number of thiazole rings is 1. The van der Waals surface area contributed by atoms with Crippen LogP contribution in [0.2, 0.25) is 0 Å². The average Bonchev–Trinajstić information content (AvgIpc) is 2.92. The Kier molecular flexibility index (Phi) is 4.27. The molecule has 0 N–H and O–H groups in total. The first-order valence-corrected chi connectivity index (χ1v) is 6.61. The number of rotatable bonds is 3. The molecular weight excluding hydrogens is 254 g/mol. The summed E-state index contributed by atoms with van der Waals surface area (Å²) in [6.45, 7) is 2.30. The molecule has 6 nitrogen and oxygen atoms in total. The summed E-state index contributed by atoms with van der Waals surface area (Å²) in [7, 11) is 1.50. The monoisotopic (exact) mass is 269 g/mol. The topological polar surface area (TPSA) is 62.7 Å². The molecule has 0 bridgehead atoms. The minimum atomic E-state index is -0.0601. The van der Waals surface area contributed by atoms with Crippen molar-refractivity contribution in [2.45, 2.75) is 0 Å². The fourth-order valence-corrected chi connectivity index (χ4v) is 2.38. The van der Waals surface area contributed by atoms with E-state index in [0.29, 0.717) is 31.9 Å². The Bertz CT molecular complexity index is 413. The predicted octanol–water partition coefficient (Wildman–Crippen LogP) is 0.0739. The zero-order valence-corrected chi connectivity index (χ0v) is 11.0. The first-order valence-electron chi connectivity index (χ1n) is 5.66. The van der Waals surface area contributed by atoms with Gasteiger partial charge in [0.25, 0.3) is 5.91 Å². The number of hydrogen-bond donors (Lipinski definition) is 0. The molecule has 1 aromatic heterocycles. The van der Waals surface area contributed by atoms with Gasteiger partial charge in [-0.2, -0.15) is 0 Å². The lowest BCUT2D eigenvalue weighted by Gasteiger charge is -2.34. The van der Waals surface area contributed by atoms with Crippen LogP contribution in [0.15, 0.2) is 10.9 Å². The van der Waals surface area contributed by atoms with Gasteiger partial charge in [0.05, 0.1) is 5.51 Å². The Hall–Kier alpha value is -1.47. The van der Waals surface area contributed by atoms with Crippen molar-refractivity contribution in [3.8, 4) is 0 Å². The van der Waals surface area contributed by atoms with E-state index in [1.54, 1.807) is 20.7 Å². The average molecular weight is 269 g/mol. The van der Waals surface area contributed by atoms with E-state index in [0.717, 1.165) is 0 Å². The standard InChI is InChI=1S/C11H15N3O3S/c1-17-6-10(15)13-2-4-14(5-3-13)11(16)9-7-18-8-12-9/h7-8H,2-6H2,1H3. The van der Waals surface area contributed by atoms with E-state index in [4.69, 9.17) is 4.74 Å². The molecule has 98 valence electrons. The molecule has 0 aromatic carbocycles. The van der Waals surface area contributed by atoms with Crippen LogP contribution >= 0.6 is 11.3 Å². The van der Waals surface area contributed by atoms with E-state index in [2.05, 4.69) is 4.98 Å². The second-order valence-electron chi connectivity index (χ2n) is 3.98. The number of hydrogen-bond acceptors (Lipinski definition) is 5. The fourth-order valence-electron chi connectivity index (χ4n) is 1.85. The van der Waals surface area contributed by atoms with Crippen LogP contribution in [-0.4, -0.2) is 66.5 Å². The third kappa shape index (κ3) is 2.85. The van der Waals surface area contributed by atoms with E-state index in [9.17, 15) is 9.59 Å². The van der Waals surface area contributed by atoms with E-state index in [-0.39, 0.29) is 18.4 Å². The number of aromatic nitrogens is 1. The Balaban J connectivity index is 1.87. The van der Waals surface area contributed by atoms with Gasteiger partial charge in [0.2, 0.25) is 5.91 Å². The zero-order valence-electron chi connectivity index (χ0n) is 10.2. The third-order valence-electron chi connectivity index (χ3n) is 2.84. The van der Waals surface area contributed by atoms with Gasteiger partial charge in [0.15, 0.2) is 0 Å². The smallest absolute Gasteiger partial charge is 0.273 e. The first-order chi connectivity index (χ1) is 8.72. The van der Waals surface area contributed by atoms with Gasteiger partial charge in [-0.25, -0.2) is 4.98 Å². The van der Waals surface area contributed by atoms with Crippen molar-refractivity contribution in [1.82, 2.24) is 14.8 Å². The van der Waals surface area contributed by atoms with Crippen molar-refractivity contribution in [3.05, 3.63) is 16.6 Å². The molecule has 1 aromatic rings. The van der Waals surface area contributed by atoms with Crippen LogP contribution in [-0.2, 0) is 9.53 Å². The van der Waals surface area contributed by atoms with Gasteiger partial charge in [-0.3, -0.25) is 9.59 Å². The summed E-state index contributed by atoms with van der Waals surface area (Å²) >= 11 is 1.40. The molecule has 0 unspecified atom stereocenters. The second-order valence-corrected chi connectivity index (χ2v) is 4.70. The van der Waals surface area contributed by atoms with Crippen LogP contribution in [0.1, 0.15) is 10.5 Å². The largest absolute Gasteiger partial charge is 0.375 e. The molecule has 0 aliphatic carbocycles. The van der Waals surface area contributed by atoms with Crippen molar-refractivity contribution in [3.63, 3.8) is 0 Å². The molecule has 0 atom stereocenters. The summed E-state index contributed by atoms with van der Waals surface area (Å²) in [6, 6.07) is 0. The van der Waals surface area contributed by atoms with Crippen LogP contribution in [0.3, 0.4) is 0 Å². The minimum Gasteiger partial charge on any atom is -0.375 e. The van der Waals surface area contributed by atoms with Gasteiger partial charge in [-0.15, -0.1) is 11.3 Å². The van der Waals surface area contributed by atoms with E-state index in [1.165, 1.54) is 18.4 Å². The number of carbonyl (C=O) groups is 2. The maximum absolute atomic E-state index is 12.0. The van der Waals surface area contributed by atoms with Gasteiger partial charge in [0, 0.05) is 38.7 Å². The quantitative estimate of drug-likeness (QED) is 0.779. The summed E-state index contributed by atoms with van der Waals surface area (Å²) in [4.78, 5) is 31.0. The number of piperazine rings is 1. The van der Waals surface area contributed by atoms with Gasteiger partial charge in [0.1, 0.15) is 12.3 Å². The summed E-state index contributed by atoms with van der Waals surface area (Å²) in [5.74, 6) is -0.0895. The summed E-state index contributed by atoms with van der Waals surface area (Å²) in [5, 5.41) is 1.74. The van der Waals surface area contributed by atoms with Crippen molar-refractivity contribution in [2.75, 3.05) is 39.9 Å². The van der Waals surface area contributed by atoms with Crippen molar-refractivity contribution < 1.29 is 14.3 Å². The molecule has 2 heterocycles. The molecule has 0 saturated carbocycles. The Morgan fingerprint density at radius 3 is 2.56 bits per heavy atom. The number of nitrogens with zero attached hydrogens (tertiary/aromatic N) is 3. The Labute approximate surface area is 109 Å². The molecule has 2 rings (SSSR count). The number of amides is 2. The Morgan fingerprint density at radius 1 is 1.33 bits per heavy atom. The fraction of sp³-hybridized carbons (Fsp3) is 0.545. The molecule has 0 spiro atoms. The van der Waals surface area contributed by atoms with Crippen LogP contribution in [0.25, 0.3) is 0 Å². The van der Waals surface area contributed by atoms with Gasteiger partial charge >= 0.3 is 0 Å². The molecule has 7 heteroatoms. The highest BCUT2D eigenvalue weighted by atomic mass is 32.1. The molecule has 18 heavy (non-hydrogen) atoms. The lowest BCUT2D eigenvalue weighted by atomic mass is 10.3. The number of ether oxygens (including phenoxy) is 1. The normalized spacial score (nSPS) is 15.8. The lowest BCUT2D eigenvalue weighted by Crippen LogP contribution is -2.51. The van der Waals surface area contributed by atoms with E-state index >= 15 is 0 Å².